The average Bonchev–Trinajstić information content (AvgIpc) is 2.30. The average molecular weight is 236 g/mol. The summed E-state index contributed by atoms with van der Waals surface area (Å²) in [5.41, 5.74) is 0. The van der Waals surface area contributed by atoms with Crippen molar-refractivity contribution in [3.63, 3.8) is 0 Å². The molecule has 1 aromatic rings. The van der Waals surface area contributed by atoms with Crippen LogP contribution in [-0.4, -0.2) is 23.2 Å². The molecule has 0 N–H and O–H groups in total. The van der Waals surface area contributed by atoms with Gasteiger partial charge in [-0.1, -0.05) is 18.2 Å². The molecule has 2 atom stereocenters. The summed E-state index contributed by atoms with van der Waals surface area (Å²) in [6.07, 6.45) is 0.625. The summed E-state index contributed by atoms with van der Waals surface area (Å²) in [6.45, 7) is 4.62. The molecule has 0 aromatic heterocycles. The van der Waals surface area contributed by atoms with Gasteiger partial charge in [-0.2, -0.15) is 0 Å². The Morgan fingerprint density at radius 3 is 2.69 bits per heavy atom. The molecule has 2 nitrogen and oxygen atoms in total. The molecule has 0 radical (unpaired) electrons. The molecule has 0 aliphatic heterocycles. The molecular weight excluding hydrogens is 220 g/mol. The van der Waals surface area contributed by atoms with E-state index < -0.39 is 4.75 Å². The van der Waals surface area contributed by atoms with E-state index in [0.29, 0.717) is 18.8 Å². The lowest BCUT2D eigenvalue weighted by molar-refractivity contribution is -0.139. The smallest absolute Gasteiger partial charge is 0.154 e. The minimum atomic E-state index is -0.392. The molecule has 0 saturated heterocycles. The van der Waals surface area contributed by atoms with Crippen LogP contribution in [0.2, 0.25) is 0 Å². The SMILES string of the molecule is CCO[C@H]1CC(=O)[C@]1(C)Sc1ccccc1. The number of carbonyl (C=O) groups excluding carboxylic acids is 1. The summed E-state index contributed by atoms with van der Waals surface area (Å²) in [4.78, 5) is 12.9. The van der Waals surface area contributed by atoms with Gasteiger partial charge < -0.3 is 4.74 Å². The van der Waals surface area contributed by atoms with E-state index in [9.17, 15) is 4.79 Å². The van der Waals surface area contributed by atoms with Crippen LogP contribution in [0.15, 0.2) is 35.2 Å². The maximum atomic E-state index is 11.7. The molecule has 2 rings (SSSR count). The molecule has 16 heavy (non-hydrogen) atoms. The van der Waals surface area contributed by atoms with Gasteiger partial charge in [0.15, 0.2) is 5.78 Å². The summed E-state index contributed by atoms with van der Waals surface area (Å²) in [7, 11) is 0. The van der Waals surface area contributed by atoms with Crippen LogP contribution >= 0.6 is 11.8 Å². The van der Waals surface area contributed by atoms with E-state index in [1.54, 1.807) is 11.8 Å². The zero-order valence-electron chi connectivity index (χ0n) is 9.60. The molecule has 86 valence electrons. The Kier molecular flexibility index (Phi) is 3.36. The zero-order chi connectivity index (χ0) is 11.6. The Morgan fingerprint density at radius 2 is 2.12 bits per heavy atom. The van der Waals surface area contributed by atoms with Gasteiger partial charge in [0.25, 0.3) is 0 Å². The Morgan fingerprint density at radius 1 is 1.44 bits per heavy atom. The maximum absolute atomic E-state index is 11.7. The van der Waals surface area contributed by atoms with Crippen molar-refractivity contribution < 1.29 is 9.53 Å². The molecular formula is C13H16O2S. The molecule has 1 aromatic carbocycles. The number of hydrogen-bond acceptors (Lipinski definition) is 3. The molecule has 1 fully saturated rings. The second kappa shape index (κ2) is 4.60. The van der Waals surface area contributed by atoms with Crippen LogP contribution in [0.25, 0.3) is 0 Å². The van der Waals surface area contributed by atoms with Crippen LogP contribution in [0.3, 0.4) is 0 Å². The van der Waals surface area contributed by atoms with Crippen molar-refractivity contribution in [2.75, 3.05) is 6.61 Å². The molecule has 1 aliphatic carbocycles. The third-order valence-electron chi connectivity index (χ3n) is 2.98. The topological polar surface area (TPSA) is 26.3 Å². The Bertz CT molecular complexity index is 377. The van der Waals surface area contributed by atoms with Gasteiger partial charge >= 0.3 is 0 Å². The third-order valence-corrected chi connectivity index (χ3v) is 4.40. The van der Waals surface area contributed by atoms with E-state index >= 15 is 0 Å². The van der Waals surface area contributed by atoms with Crippen molar-refractivity contribution in [3.05, 3.63) is 30.3 Å². The largest absolute Gasteiger partial charge is 0.376 e. The molecule has 0 amide bonds. The quantitative estimate of drug-likeness (QED) is 0.804. The first-order valence-corrected chi connectivity index (χ1v) is 6.37. The summed E-state index contributed by atoms with van der Waals surface area (Å²) in [5.74, 6) is 0.291. The third kappa shape index (κ3) is 2.02. The minimum absolute atomic E-state index is 0.0650. The van der Waals surface area contributed by atoms with E-state index in [1.807, 2.05) is 44.2 Å². The van der Waals surface area contributed by atoms with Crippen LogP contribution in [-0.2, 0) is 9.53 Å². The Balaban J connectivity index is 2.10. The summed E-state index contributed by atoms with van der Waals surface area (Å²) in [5, 5.41) is 0. The summed E-state index contributed by atoms with van der Waals surface area (Å²) < 4.78 is 5.20. The fourth-order valence-electron chi connectivity index (χ4n) is 1.89. The highest BCUT2D eigenvalue weighted by Crippen LogP contribution is 2.46. The standard InChI is InChI=1S/C13H16O2S/c1-3-15-12-9-11(14)13(12,2)16-10-7-5-4-6-8-10/h4-8,12H,3,9H2,1-2H3/t12-,13-/m0/s1. The normalized spacial score (nSPS) is 28.9. The lowest BCUT2D eigenvalue weighted by Gasteiger charge is -2.43. The highest BCUT2D eigenvalue weighted by molar-refractivity contribution is 8.01. The van der Waals surface area contributed by atoms with E-state index in [1.165, 1.54) is 0 Å². The van der Waals surface area contributed by atoms with Gasteiger partial charge in [-0.05, 0) is 26.0 Å². The van der Waals surface area contributed by atoms with Crippen molar-refractivity contribution in [2.45, 2.75) is 36.0 Å². The summed E-state index contributed by atoms with van der Waals surface area (Å²) >= 11 is 1.61. The zero-order valence-corrected chi connectivity index (χ0v) is 10.4. The molecule has 0 unspecified atom stereocenters. The van der Waals surface area contributed by atoms with E-state index in [-0.39, 0.29) is 6.10 Å². The van der Waals surface area contributed by atoms with Gasteiger partial charge in [0.2, 0.25) is 0 Å². The van der Waals surface area contributed by atoms with Crippen molar-refractivity contribution >= 4 is 17.5 Å². The van der Waals surface area contributed by atoms with Crippen LogP contribution in [0.1, 0.15) is 20.3 Å². The van der Waals surface area contributed by atoms with Gasteiger partial charge in [-0.25, -0.2) is 0 Å². The fraction of sp³-hybridized carbons (Fsp3) is 0.462. The van der Waals surface area contributed by atoms with Gasteiger partial charge in [0, 0.05) is 17.9 Å². The van der Waals surface area contributed by atoms with Gasteiger partial charge in [0.1, 0.15) is 4.75 Å². The number of benzene rings is 1. The van der Waals surface area contributed by atoms with Crippen molar-refractivity contribution in [1.29, 1.82) is 0 Å². The van der Waals surface area contributed by atoms with E-state index in [4.69, 9.17) is 4.74 Å². The van der Waals surface area contributed by atoms with Crippen LogP contribution in [0.5, 0.6) is 0 Å². The highest BCUT2D eigenvalue weighted by Gasteiger charge is 2.52. The van der Waals surface area contributed by atoms with Crippen molar-refractivity contribution in [1.82, 2.24) is 0 Å². The lowest BCUT2D eigenvalue weighted by Crippen LogP contribution is -2.56. The predicted octanol–water partition coefficient (Wildman–Crippen LogP) is 2.92. The molecule has 0 spiro atoms. The predicted molar refractivity (Wildman–Crippen MR) is 65.7 cm³/mol. The number of thioether (sulfide) groups is 1. The summed E-state index contributed by atoms with van der Waals surface area (Å²) in [6, 6.07) is 10.0. The highest BCUT2D eigenvalue weighted by atomic mass is 32.2. The minimum Gasteiger partial charge on any atom is -0.376 e. The first kappa shape index (κ1) is 11.7. The maximum Gasteiger partial charge on any atom is 0.154 e. The first-order chi connectivity index (χ1) is 7.66. The van der Waals surface area contributed by atoms with Gasteiger partial charge in [-0.3, -0.25) is 4.79 Å². The van der Waals surface area contributed by atoms with Gasteiger partial charge in [-0.15, -0.1) is 11.8 Å². The monoisotopic (exact) mass is 236 g/mol. The second-order valence-electron chi connectivity index (χ2n) is 4.09. The van der Waals surface area contributed by atoms with Crippen LogP contribution < -0.4 is 0 Å². The number of hydrogen-bond donors (Lipinski definition) is 0. The second-order valence-corrected chi connectivity index (χ2v) is 5.62. The number of Topliss-reactive ketones (excluding diaryl/α,β-unsaturated/α-hetero) is 1. The molecule has 3 heteroatoms. The van der Waals surface area contributed by atoms with E-state index in [2.05, 4.69) is 0 Å². The van der Waals surface area contributed by atoms with Crippen LogP contribution in [0, 0.1) is 0 Å². The molecule has 1 aliphatic rings. The first-order valence-electron chi connectivity index (χ1n) is 5.56. The fourth-order valence-corrected chi connectivity index (χ4v) is 3.15. The lowest BCUT2D eigenvalue weighted by atomic mass is 9.80. The van der Waals surface area contributed by atoms with E-state index in [0.717, 1.165) is 4.90 Å². The van der Waals surface area contributed by atoms with Crippen molar-refractivity contribution in [3.8, 4) is 0 Å². The van der Waals surface area contributed by atoms with Crippen molar-refractivity contribution in [2.24, 2.45) is 0 Å². The Hall–Kier alpha value is -0.800. The van der Waals surface area contributed by atoms with Crippen LogP contribution in [0.4, 0.5) is 0 Å². The number of ketones is 1. The number of ether oxygens (including phenoxy) is 1. The van der Waals surface area contributed by atoms with Gasteiger partial charge in [0.05, 0.1) is 6.10 Å². The Labute approximate surface area is 100 Å². The molecule has 0 heterocycles. The number of carbonyl (C=O) groups is 1. The molecule has 1 saturated carbocycles. The number of rotatable bonds is 4. The molecule has 0 bridgehead atoms.